The molecule has 2 heterocycles. The van der Waals surface area contributed by atoms with Crippen molar-refractivity contribution in [3.05, 3.63) is 47.2 Å². The fraction of sp³-hybridized carbons (Fsp3) is 0.353. The molecular formula is C17H21N3O2. The number of methoxy groups -OCH3 is 2. The van der Waals surface area contributed by atoms with E-state index in [9.17, 15) is 0 Å². The highest BCUT2D eigenvalue weighted by Gasteiger charge is 2.19. The molecule has 116 valence electrons. The number of ether oxygens (including phenoxy) is 2. The number of hydrogen-bond acceptors (Lipinski definition) is 5. The number of fused-ring (bicyclic) bond motifs is 1. The summed E-state index contributed by atoms with van der Waals surface area (Å²) in [5.74, 6) is 2.57. The summed E-state index contributed by atoms with van der Waals surface area (Å²) in [7, 11) is 5.45. The van der Waals surface area contributed by atoms with Crippen molar-refractivity contribution in [3.8, 4) is 11.5 Å². The molecule has 1 aromatic heterocycles. The highest BCUT2D eigenvalue weighted by Crippen LogP contribution is 2.28. The molecule has 22 heavy (non-hydrogen) atoms. The van der Waals surface area contributed by atoms with E-state index >= 15 is 0 Å². The lowest BCUT2D eigenvalue weighted by Crippen LogP contribution is -2.09. The smallest absolute Gasteiger partial charge is 0.131 e. The van der Waals surface area contributed by atoms with E-state index in [-0.39, 0.29) is 0 Å². The predicted octanol–water partition coefficient (Wildman–Crippen LogP) is 2.66. The molecule has 5 heteroatoms. The topological polar surface area (TPSA) is 46.6 Å². The fourth-order valence-electron chi connectivity index (χ4n) is 2.80. The van der Waals surface area contributed by atoms with Gasteiger partial charge in [-0.15, -0.1) is 0 Å². The number of hydrogen-bond donors (Lipinski definition) is 1. The van der Waals surface area contributed by atoms with Gasteiger partial charge in [0.15, 0.2) is 0 Å². The van der Waals surface area contributed by atoms with E-state index in [1.54, 1.807) is 14.2 Å². The zero-order valence-corrected chi connectivity index (χ0v) is 13.2. The summed E-state index contributed by atoms with van der Waals surface area (Å²) in [4.78, 5) is 6.77. The van der Waals surface area contributed by atoms with Crippen LogP contribution in [0.1, 0.15) is 16.7 Å². The highest BCUT2D eigenvalue weighted by molar-refractivity contribution is 5.51. The zero-order valence-electron chi connectivity index (χ0n) is 13.2. The lowest BCUT2D eigenvalue weighted by molar-refractivity contribution is 0.353. The number of nitrogens with one attached hydrogen (secondary N) is 1. The Bertz CT molecular complexity index is 673. The van der Waals surface area contributed by atoms with Crippen LogP contribution in [0.15, 0.2) is 30.5 Å². The Labute approximate surface area is 130 Å². The van der Waals surface area contributed by atoms with Crippen LogP contribution in [0.2, 0.25) is 0 Å². The molecular weight excluding hydrogens is 278 g/mol. The van der Waals surface area contributed by atoms with E-state index < -0.39 is 0 Å². The molecule has 1 N–H and O–H groups in total. The minimum absolute atomic E-state index is 0.667. The van der Waals surface area contributed by atoms with Crippen molar-refractivity contribution in [1.82, 2.24) is 9.88 Å². The molecule has 0 fully saturated rings. The third-order valence-corrected chi connectivity index (χ3v) is 3.96. The monoisotopic (exact) mass is 299 g/mol. The van der Waals surface area contributed by atoms with Gasteiger partial charge in [0, 0.05) is 43.0 Å². The molecule has 1 aromatic carbocycles. The molecule has 0 radical (unpaired) electrons. The van der Waals surface area contributed by atoms with E-state index in [1.165, 1.54) is 11.1 Å². The van der Waals surface area contributed by atoms with Crippen molar-refractivity contribution in [2.24, 2.45) is 0 Å². The van der Waals surface area contributed by atoms with E-state index in [2.05, 4.69) is 28.3 Å². The first-order chi connectivity index (χ1) is 10.7. The summed E-state index contributed by atoms with van der Waals surface area (Å²) in [6.45, 7) is 2.59. The number of pyridine rings is 1. The van der Waals surface area contributed by atoms with Crippen molar-refractivity contribution in [2.45, 2.75) is 19.6 Å². The molecule has 5 nitrogen and oxygen atoms in total. The van der Waals surface area contributed by atoms with Crippen LogP contribution in [0.4, 0.5) is 5.82 Å². The SMILES string of the molecule is COc1ccc(CNc2nccc3c2CN(C)C3)c(OC)c1. The maximum atomic E-state index is 5.44. The number of rotatable bonds is 5. The molecule has 0 unspecified atom stereocenters. The molecule has 0 aliphatic carbocycles. The van der Waals surface area contributed by atoms with E-state index in [0.29, 0.717) is 6.54 Å². The van der Waals surface area contributed by atoms with Crippen molar-refractivity contribution in [2.75, 3.05) is 26.6 Å². The minimum atomic E-state index is 0.667. The number of nitrogens with zero attached hydrogens (tertiary/aromatic N) is 2. The average Bonchev–Trinajstić information content (AvgIpc) is 2.93. The first-order valence-corrected chi connectivity index (χ1v) is 7.31. The molecule has 0 atom stereocenters. The van der Waals surface area contributed by atoms with E-state index in [0.717, 1.165) is 36.0 Å². The van der Waals surface area contributed by atoms with Crippen LogP contribution >= 0.6 is 0 Å². The summed E-state index contributed by atoms with van der Waals surface area (Å²) in [5.41, 5.74) is 3.72. The van der Waals surface area contributed by atoms with Crippen molar-refractivity contribution in [1.29, 1.82) is 0 Å². The summed E-state index contributed by atoms with van der Waals surface area (Å²) < 4.78 is 10.7. The van der Waals surface area contributed by atoms with Gasteiger partial charge in [-0.2, -0.15) is 0 Å². The first kappa shape index (κ1) is 14.7. The van der Waals surface area contributed by atoms with Gasteiger partial charge in [-0.1, -0.05) is 0 Å². The van der Waals surface area contributed by atoms with Gasteiger partial charge in [-0.3, -0.25) is 4.90 Å². The van der Waals surface area contributed by atoms with Gasteiger partial charge in [0.25, 0.3) is 0 Å². The molecule has 0 spiro atoms. The van der Waals surface area contributed by atoms with Crippen LogP contribution in [-0.4, -0.2) is 31.2 Å². The zero-order chi connectivity index (χ0) is 15.5. The normalized spacial score (nSPS) is 13.8. The van der Waals surface area contributed by atoms with Gasteiger partial charge in [-0.05, 0) is 30.8 Å². The quantitative estimate of drug-likeness (QED) is 0.919. The van der Waals surface area contributed by atoms with Crippen molar-refractivity contribution >= 4 is 5.82 Å². The molecule has 1 aliphatic heterocycles. The highest BCUT2D eigenvalue weighted by atomic mass is 16.5. The Balaban J connectivity index is 1.78. The summed E-state index contributed by atoms with van der Waals surface area (Å²) >= 11 is 0. The Morgan fingerprint density at radius 3 is 2.82 bits per heavy atom. The Kier molecular flexibility index (Phi) is 4.15. The Hall–Kier alpha value is -2.27. The molecule has 3 rings (SSSR count). The van der Waals surface area contributed by atoms with Crippen LogP contribution in [0.3, 0.4) is 0 Å². The third-order valence-electron chi connectivity index (χ3n) is 3.96. The molecule has 2 aromatic rings. The van der Waals surface area contributed by atoms with Crippen molar-refractivity contribution in [3.63, 3.8) is 0 Å². The summed E-state index contributed by atoms with van der Waals surface area (Å²) in [5, 5.41) is 3.44. The lowest BCUT2D eigenvalue weighted by Gasteiger charge is -2.13. The van der Waals surface area contributed by atoms with Gasteiger partial charge < -0.3 is 14.8 Å². The lowest BCUT2D eigenvalue weighted by atomic mass is 10.1. The van der Waals surface area contributed by atoms with Crippen LogP contribution in [0, 0.1) is 0 Å². The second-order valence-electron chi connectivity index (χ2n) is 5.50. The van der Waals surface area contributed by atoms with Gasteiger partial charge in [0.1, 0.15) is 17.3 Å². The summed E-state index contributed by atoms with van der Waals surface area (Å²) in [6, 6.07) is 7.95. The third kappa shape index (κ3) is 2.85. The predicted molar refractivity (Wildman–Crippen MR) is 86.3 cm³/mol. The molecule has 0 saturated heterocycles. The standard InChI is InChI=1S/C17H21N3O2/c1-20-10-13-6-7-18-17(15(13)11-20)19-9-12-4-5-14(21-2)8-16(12)22-3/h4-8H,9-11H2,1-3H3,(H,18,19). The van der Waals surface area contributed by atoms with Crippen LogP contribution in [-0.2, 0) is 19.6 Å². The maximum Gasteiger partial charge on any atom is 0.131 e. The average molecular weight is 299 g/mol. The molecule has 0 saturated carbocycles. The van der Waals surface area contributed by atoms with E-state index in [4.69, 9.17) is 9.47 Å². The van der Waals surface area contributed by atoms with Crippen LogP contribution < -0.4 is 14.8 Å². The van der Waals surface area contributed by atoms with Crippen LogP contribution in [0.25, 0.3) is 0 Å². The fourth-order valence-corrected chi connectivity index (χ4v) is 2.80. The van der Waals surface area contributed by atoms with Gasteiger partial charge in [0.2, 0.25) is 0 Å². The number of anilines is 1. The largest absolute Gasteiger partial charge is 0.497 e. The molecule has 1 aliphatic rings. The number of benzene rings is 1. The second-order valence-corrected chi connectivity index (χ2v) is 5.50. The maximum absolute atomic E-state index is 5.44. The minimum Gasteiger partial charge on any atom is -0.497 e. The van der Waals surface area contributed by atoms with Crippen LogP contribution in [0.5, 0.6) is 11.5 Å². The first-order valence-electron chi connectivity index (χ1n) is 7.31. The van der Waals surface area contributed by atoms with Gasteiger partial charge in [0.05, 0.1) is 14.2 Å². The Morgan fingerprint density at radius 2 is 2.05 bits per heavy atom. The van der Waals surface area contributed by atoms with Gasteiger partial charge >= 0.3 is 0 Å². The summed E-state index contributed by atoms with van der Waals surface area (Å²) in [6.07, 6.45) is 1.87. The van der Waals surface area contributed by atoms with Gasteiger partial charge in [-0.25, -0.2) is 4.98 Å². The van der Waals surface area contributed by atoms with E-state index in [1.807, 2.05) is 24.4 Å². The second kappa shape index (κ2) is 6.23. The Morgan fingerprint density at radius 1 is 1.18 bits per heavy atom. The molecule has 0 amide bonds. The number of aromatic nitrogens is 1. The molecule has 0 bridgehead atoms. The van der Waals surface area contributed by atoms with Crippen molar-refractivity contribution < 1.29 is 9.47 Å².